The quantitative estimate of drug-likeness (QED) is 0.848. The van der Waals surface area contributed by atoms with Gasteiger partial charge in [0.15, 0.2) is 0 Å². The van der Waals surface area contributed by atoms with Gasteiger partial charge in [-0.05, 0) is 22.3 Å². The van der Waals surface area contributed by atoms with E-state index in [0.29, 0.717) is 12.8 Å². The Bertz CT molecular complexity index is 796. The summed E-state index contributed by atoms with van der Waals surface area (Å²) in [5, 5.41) is 0. The predicted molar refractivity (Wildman–Crippen MR) is 91.8 cm³/mol. The van der Waals surface area contributed by atoms with Crippen LogP contribution in [0.4, 0.5) is 0 Å². The smallest absolute Gasteiger partial charge is 0.350 e. The fraction of sp³-hybridized carbons (Fsp3) is 0.300. The van der Waals surface area contributed by atoms with Gasteiger partial charge in [0.05, 0.1) is 6.54 Å². The molecule has 0 aromatic heterocycles. The molecule has 2 aromatic carbocycles. The molecule has 0 heterocycles. The standard InChI is InChI=1S/C20H19NO4/c21-11-18(22)25-20(9-10-20)19(23)24-12-17-15-7-3-1-5-13(15)14-6-2-4-8-16(14)17/h1-8,17H,9-12,21H2. The number of benzene rings is 2. The number of carbonyl (C=O) groups is 2. The topological polar surface area (TPSA) is 78.6 Å². The van der Waals surface area contributed by atoms with Crippen molar-refractivity contribution < 1.29 is 19.1 Å². The van der Waals surface area contributed by atoms with Crippen LogP contribution in [0, 0.1) is 0 Å². The maximum absolute atomic E-state index is 12.4. The Morgan fingerprint density at radius 2 is 1.56 bits per heavy atom. The Hall–Kier alpha value is -2.66. The van der Waals surface area contributed by atoms with Gasteiger partial charge in [-0.25, -0.2) is 4.79 Å². The van der Waals surface area contributed by atoms with Crippen molar-refractivity contribution in [3.8, 4) is 11.1 Å². The lowest BCUT2D eigenvalue weighted by molar-refractivity contribution is -0.170. The first-order valence-corrected chi connectivity index (χ1v) is 8.42. The van der Waals surface area contributed by atoms with Gasteiger partial charge >= 0.3 is 11.9 Å². The third-order valence-electron chi connectivity index (χ3n) is 4.90. The molecule has 1 saturated carbocycles. The van der Waals surface area contributed by atoms with Crippen LogP contribution in [-0.4, -0.2) is 30.7 Å². The maximum Gasteiger partial charge on any atom is 0.350 e. The molecule has 1 fully saturated rings. The first kappa shape index (κ1) is 15.8. The molecule has 2 N–H and O–H groups in total. The van der Waals surface area contributed by atoms with E-state index in [4.69, 9.17) is 15.2 Å². The Labute approximate surface area is 145 Å². The summed E-state index contributed by atoms with van der Waals surface area (Å²) in [7, 11) is 0. The minimum absolute atomic E-state index is 0.00244. The van der Waals surface area contributed by atoms with Crippen molar-refractivity contribution >= 4 is 11.9 Å². The van der Waals surface area contributed by atoms with E-state index in [-0.39, 0.29) is 19.1 Å². The van der Waals surface area contributed by atoms with Gasteiger partial charge in [-0.2, -0.15) is 0 Å². The van der Waals surface area contributed by atoms with E-state index in [9.17, 15) is 9.59 Å². The minimum atomic E-state index is -1.12. The first-order chi connectivity index (χ1) is 12.1. The highest BCUT2D eigenvalue weighted by atomic mass is 16.6. The molecule has 25 heavy (non-hydrogen) atoms. The summed E-state index contributed by atoms with van der Waals surface area (Å²) in [6, 6.07) is 16.3. The number of fused-ring (bicyclic) bond motifs is 3. The molecular formula is C20H19NO4. The van der Waals surface area contributed by atoms with Crippen molar-refractivity contribution in [1.82, 2.24) is 0 Å². The van der Waals surface area contributed by atoms with E-state index in [1.54, 1.807) is 0 Å². The predicted octanol–water partition coefficient (Wildman–Crippen LogP) is 2.38. The monoisotopic (exact) mass is 337 g/mol. The maximum atomic E-state index is 12.4. The molecule has 0 bridgehead atoms. The van der Waals surface area contributed by atoms with Crippen LogP contribution in [0.15, 0.2) is 48.5 Å². The lowest BCUT2D eigenvalue weighted by atomic mass is 9.98. The summed E-state index contributed by atoms with van der Waals surface area (Å²) in [4.78, 5) is 23.8. The van der Waals surface area contributed by atoms with Crippen LogP contribution in [0.2, 0.25) is 0 Å². The molecule has 0 radical (unpaired) electrons. The van der Waals surface area contributed by atoms with E-state index >= 15 is 0 Å². The van der Waals surface area contributed by atoms with Crippen LogP contribution in [0.3, 0.4) is 0 Å². The SMILES string of the molecule is NCC(=O)OC1(C(=O)OCC2c3ccccc3-c3ccccc32)CC1. The van der Waals surface area contributed by atoms with Crippen molar-refractivity contribution in [1.29, 1.82) is 0 Å². The van der Waals surface area contributed by atoms with Gasteiger partial charge in [-0.1, -0.05) is 48.5 Å². The van der Waals surface area contributed by atoms with Crippen LogP contribution < -0.4 is 5.73 Å². The molecule has 0 spiro atoms. The normalized spacial score (nSPS) is 16.7. The van der Waals surface area contributed by atoms with Crippen LogP contribution >= 0.6 is 0 Å². The molecule has 0 unspecified atom stereocenters. The second-order valence-corrected chi connectivity index (χ2v) is 6.50. The minimum Gasteiger partial charge on any atom is -0.462 e. The fourth-order valence-corrected chi connectivity index (χ4v) is 3.45. The third kappa shape index (κ3) is 2.70. The number of hydrogen-bond acceptors (Lipinski definition) is 5. The van der Waals surface area contributed by atoms with Gasteiger partial charge in [0.1, 0.15) is 6.61 Å². The van der Waals surface area contributed by atoms with Crippen LogP contribution in [0.25, 0.3) is 11.1 Å². The molecule has 4 rings (SSSR count). The van der Waals surface area contributed by atoms with Gasteiger partial charge in [-0.3, -0.25) is 4.79 Å². The summed E-state index contributed by atoms with van der Waals surface area (Å²) in [6.45, 7) is -0.00675. The lowest BCUT2D eigenvalue weighted by Gasteiger charge is -2.18. The van der Waals surface area contributed by atoms with Crippen molar-refractivity contribution in [2.24, 2.45) is 5.73 Å². The van der Waals surface area contributed by atoms with E-state index in [1.807, 2.05) is 24.3 Å². The van der Waals surface area contributed by atoms with Crippen molar-refractivity contribution in [3.63, 3.8) is 0 Å². The van der Waals surface area contributed by atoms with Crippen molar-refractivity contribution in [2.45, 2.75) is 24.4 Å². The number of esters is 2. The molecule has 2 aliphatic carbocycles. The zero-order valence-corrected chi connectivity index (χ0v) is 13.7. The first-order valence-electron chi connectivity index (χ1n) is 8.42. The second kappa shape index (κ2) is 6.01. The number of ether oxygens (including phenoxy) is 2. The second-order valence-electron chi connectivity index (χ2n) is 6.50. The van der Waals surface area contributed by atoms with E-state index in [1.165, 1.54) is 11.1 Å². The molecule has 0 aliphatic heterocycles. The highest BCUT2D eigenvalue weighted by Crippen LogP contribution is 2.45. The molecule has 2 aromatic rings. The van der Waals surface area contributed by atoms with Gasteiger partial charge in [-0.15, -0.1) is 0 Å². The van der Waals surface area contributed by atoms with E-state index in [2.05, 4.69) is 24.3 Å². The van der Waals surface area contributed by atoms with E-state index < -0.39 is 17.5 Å². The molecular weight excluding hydrogens is 318 g/mol. The van der Waals surface area contributed by atoms with Crippen LogP contribution in [0.5, 0.6) is 0 Å². The Balaban J connectivity index is 1.52. The Kier molecular flexibility index (Phi) is 3.81. The van der Waals surface area contributed by atoms with Crippen LogP contribution in [-0.2, 0) is 19.1 Å². The zero-order valence-electron chi connectivity index (χ0n) is 13.7. The van der Waals surface area contributed by atoms with Gasteiger partial charge < -0.3 is 15.2 Å². The summed E-state index contributed by atoms with van der Waals surface area (Å²) < 4.78 is 10.7. The molecule has 2 aliphatic rings. The summed E-state index contributed by atoms with van der Waals surface area (Å²) in [5.74, 6) is -1.06. The highest BCUT2D eigenvalue weighted by molar-refractivity contribution is 5.87. The van der Waals surface area contributed by atoms with E-state index in [0.717, 1.165) is 11.1 Å². The van der Waals surface area contributed by atoms with Gasteiger partial charge in [0, 0.05) is 18.8 Å². The molecule has 0 amide bonds. The third-order valence-corrected chi connectivity index (χ3v) is 4.90. The zero-order chi connectivity index (χ0) is 17.4. The number of carbonyl (C=O) groups excluding carboxylic acids is 2. The Morgan fingerprint density at radius 3 is 2.08 bits per heavy atom. The average molecular weight is 337 g/mol. The molecule has 5 heteroatoms. The van der Waals surface area contributed by atoms with Gasteiger partial charge in [0.2, 0.25) is 5.60 Å². The molecule has 0 saturated heterocycles. The number of hydrogen-bond donors (Lipinski definition) is 1. The van der Waals surface area contributed by atoms with Crippen molar-refractivity contribution in [3.05, 3.63) is 59.7 Å². The average Bonchev–Trinajstić information content (AvgIpc) is 3.36. The van der Waals surface area contributed by atoms with Gasteiger partial charge in [0.25, 0.3) is 0 Å². The van der Waals surface area contributed by atoms with Crippen molar-refractivity contribution in [2.75, 3.05) is 13.2 Å². The number of rotatable bonds is 5. The number of nitrogens with two attached hydrogens (primary N) is 1. The molecule has 5 nitrogen and oxygen atoms in total. The fourth-order valence-electron chi connectivity index (χ4n) is 3.45. The summed E-state index contributed by atoms with van der Waals surface area (Å²) in [5.41, 5.74) is 8.80. The molecule has 128 valence electrons. The highest BCUT2D eigenvalue weighted by Gasteiger charge is 2.55. The lowest BCUT2D eigenvalue weighted by Crippen LogP contribution is -2.34. The largest absolute Gasteiger partial charge is 0.462 e. The Morgan fingerprint density at radius 1 is 1.00 bits per heavy atom. The summed E-state index contributed by atoms with van der Waals surface area (Å²) >= 11 is 0. The summed E-state index contributed by atoms with van der Waals surface area (Å²) in [6.07, 6.45) is 0.991. The molecule has 0 atom stereocenters. The van der Waals surface area contributed by atoms with Crippen LogP contribution in [0.1, 0.15) is 29.9 Å².